The monoisotopic (exact) mass is 302 g/mol. The molecule has 0 N–H and O–H groups in total. The van der Waals surface area contributed by atoms with E-state index >= 15 is 0 Å². The molecule has 0 saturated carbocycles. The van der Waals surface area contributed by atoms with Gasteiger partial charge in [-0.2, -0.15) is 10.2 Å². The van der Waals surface area contributed by atoms with Crippen LogP contribution in [0.1, 0.15) is 32.1 Å². The Hall–Kier alpha value is -2.18. The number of carbonyl (C=O) groups is 1. The molecule has 118 valence electrons. The highest BCUT2D eigenvalue weighted by atomic mass is 16.2. The Bertz CT molecular complexity index is 565. The maximum absolute atomic E-state index is 12.5. The Morgan fingerprint density at radius 2 is 2.18 bits per heavy atom. The number of likely N-dealkylation sites (tertiary alicyclic amines) is 1. The molecule has 7 heteroatoms. The third-order valence-electron chi connectivity index (χ3n) is 4.15. The number of piperidine rings is 1. The SMILES string of the molecule is O=C(CCCn1cncn1)N1CCCCC1Cn1cccn1. The Balaban J connectivity index is 1.52. The van der Waals surface area contributed by atoms with Gasteiger partial charge in [0.1, 0.15) is 12.7 Å². The van der Waals surface area contributed by atoms with Gasteiger partial charge in [-0.25, -0.2) is 4.98 Å². The first-order chi connectivity index (χ1) is 10.8. The van der Waals surface area contributed by atoms with Crippen molar-refractivity contribution in [3.8, 4) is 0 Å². The Morgan fingerprint density at radius 3 is 2.95 bits per heavy atom. The molecule has 2 aromatic rings. The highest BCUT2D eigenvalue weighted by molar-refractivity contribution is 5.76. The van der Waals surface area contributed by atoms with Gasteiger partial charge in [0.15, 0.2) is 0 Å². The Morgan fingerprint density at radius 1 is 1.23 bits per heavy atom. The minimum absolute atomic E-state index is 0.247. The molecule has 0 aromatic carbocycles. The van der Waals surface area contributed by atoms with Gasteiger partial charge >= 0.3 is 0 Å². The van der Waals surface area contributed by atoms with Gasteiger partial charge in [0, 0.05) is 31.9 Å². The van der Waals surface area contributed by atoms with Crippen LogP contribution in [0.25, 0.3) is 0 Å². The largest absolute Gasteiger partial charge is 0.338 e. The topological polar surface area (TPSA) is 68.8 Å². The summed E-state index contributed by atoms with van der Waals surface area (Å²) in [6.45, 7) is 2.40. The summed E-state index contributed by atoms with van der Waals surface area (Å²) in [7, 11) is 0. The van der Waals surface area contributed by atoms with Crippen LogP contribution in [0.2, 0.25) is 0 Å². The molecular weight excluding hydrogens is 280 g/mol. The zero-order valence-corrected chi connectivity index (χ0v) is 12.7. The van der Waals surface area contributed by atoms with Gasteiger partial charge in [-0.1, -0.05) is 0 Å². The van der Waals surface area contributed by atoms with E-state index in [4.69, 9.17) is 0 Å². The molecule has 1 fully saturated rings. The van der Waals surface area contributed by atoms with Crippen LogP contribution in [-0.2, 0) is 17.9 Å². The van der Waals surface area contributed by atoms with Crippen LogP contribution in [0.15, 0.2) is 31.1 Å². The summed E-state index contributed by atoms with van der Waals surface area (Å²) < 4.78 is 3.69. The lowest BCUT2D eigenvalue weighted by Crippen LogP contribution is -2.45. The van der Waals surface area contributed by atoms with E-state index in [1.807, 2.05) is 21.8 Å². The lowest BCUT2D eigenvalue weighted by atomic mass is 10.0. The van der Waals surface area contributed by atoms with E-state index in [0.29, 0.717) is 6.42 Å². The molecule has 0 spiro atoms. The number of nitrogens with zero attached hydrogens (tertiary/aromatic N) is 6. The molecule has 0 bridgehead atoms. The molecule has 1 atom stereocenters. The third kappa shape index (κ3) is 3.72. The molecular formula is C15H22N6O. The van der Waals surface area contributed by atoms with Gasteiger partial charge in [0.25, 0.3) is 0 Å². The number of amides is 1. The van der Waals surface area contributed by atoms with Crippen LogP contribution in [0.5, 0.6) is 0 Å². The number of hydrogen-bond acceptors (Lipinski definition) is 4. The van der Waals surface area contributed by atoms with Gasteiger partial charge in [-0.15, -0.1) is 0 Å². The van der Waals surface area contributed by atoms with Crippen LogP contribution < -0.4 is 0 Å². The molecule has 3 heterocycles. The van der Waals surface area contributed by atoms with Gasteiger partial charge in [0.2, 0.25) is 5.91 Å². The van der Waals surface area contributed by atoms with Crippen LogP contribution in [0.3, 0.4) is 0 Å². The number of aryl methyl sites for hydroxylation is 1. The minimum Gasteiger partial charge on any atom is -0.338 e. The van der Waals surface area contributed by atoms with Crippen LogP contribution in [0, 0.1) is 0 Å². The third-order valence-corrected chi connectivity index (χ3v) is 4.15. The van der Waals surface area contributed by atoms with Crippen molar-refractivity contribution in [3.63, 3.8) is 0 Å². The van der Waals surface area contributed by atoms with Crippen molar-refractivity contribution in [1.82, 2.24) is 29.4 Å². The molecule has 1 aliphatic rings. The summed E-state index contributed by atoms with van der Waals surface area (Å²) in [5.41, 5.74) is 0. The summed E-state index contributed by atoms with van der Waals surface area (Å²) in [6.07, 6.45) is 11.7. The second-order valence-electron chi connectivity index (χ2n) is 5.73. The van der Waals surface area contributed by atoms with Gasteiger partial charge < -0.3 is 4.90 Å². The smallest absolute Gasteiger partial charge is 0.222 e. The fourth-order valence-electron chi connectivity index (χ4n) is 3.03. The van der Waals surface area contributed by atoms with Crippen LogP contribution >= 0.6 is 0 Å². The Kier molecular flexibility index (Phi) is 4.82. The summed E-state index contributed by atoms with van der Waals surface area (Å²) in [5.74, 6) is 0.247. The lowest BCUT2D eigenvalue weighted by molar-refractivity contribution is -0.135. The molecule has 2 aromatic heterocycles. The van der Waals surface area contributed by atoms with Crippen LogP contribution in [-0.4, -0.2) is 47.9 Å². The van der Waals surface area contributed by atoms with Crippen molar-refractivity contribution in [1.29, 1.82) is 0 Å². The zero-order chi connectivity index (χ0) is 15.2. The fraction of sp³-hybridized carbons (Fsp3) is 0.600. The first-order valence-corrected chi connectivity index (χ1v) is 7.92. The normalized spacial score (nSPS) is 18.5. The molecule has 7 nitrogen and oxygen atoms in total. The minimum atomic E-state index is 0.247. The first kappa shape index (κ1) is 14.7. The van der Waals surface area contributed by atoms with Gasteiger partial charge in [0.05, 0.1) is 12.6 Å². The summed E-state index contributed by atoms with van der Waals surface area (Å²) in [4.78, 5) is 18.5. The lowest BCUT2D eigenvalue weighted by Gasteiger charge is -2.36. The van der Waals surface area contributed by atoms with E-state index in [-0.39, 0.29) is 11.9 Å². The standard InChI is InChI=1S/C15H22N6O/c22-15(6-3-8-20-13-16-12-18-20)21-10-2-1-5-14(21)11-19-9-4-7-17-19/h4,7,9,12-14H,1-3,5-6,8,10-11H2. The van der Waals surface area contributed by atoms with Gasteiger partial charge in [-0.05, 0) is 31.7 Å². The quantitative estimate of drug-likeness (QED) is 0.807. The number of carbonyl (C=O) groups excluding carboxylic acids is 1. The van der Waals surface area contributed by atoms with Crippen molar-refractivity contribution < 1.29 is 4.79 Å². The number of aromatic nitrogens is 5. The maximum atomic E-state index is 12.5. The number of hydrogen-bond donors (Lipinski definition) is 0. The van der Waals surface area contributed by atoms with E-state index in [0.717, 1.165) is 38.9 Å². The molecule has 22 heavy (non-hydrogen) atoms. The summed E-state index contributed by atoms with van der Waals surface area (Å²) in [5, 5.41) is 8.32. The number of rotatable bonds is 6. The second-order valence-corrected chi connectivity index (χ2v) is 5.73. The van der Waals surface area contributed by atoms with Crippen molar-refractivity contribution in [2.45, 2.75) is 51.2 Å². The summed E-state index contributed by atoms with van der Waals surface area (Å²) >= 11 is 0. The molecule has 1 saturated heterocycles. The first-order valence-electron chi connectivity index (χ1n) is 7.92. The molecule has 0 radical (unpaired) electrons. The van der Waals surface area contributed by atoms with E-state index in [9.17, 15) is 4.79 Å². The highest BCUT2D eigenvalue weighted by Gasteiger charge is 2.26. The van der Waals surface area contributed by atoms with Crippen molar-refractivity contribution in [2.75, 3.05) is 6.54 Å². The molecule has 1 amide bonds. The molecule has 3 rings (SSSR count). The average Bonchev–Trinajstić information content (AvgIpc) is 3.21. The van der Waals surface area contributed by atoms with Crippen molar-refractivity contribution >= 4 is 5.91 Å². The summed E-state index contributed by atoms with van der Waals surface area (Å²) in [6, 6.07) is 2.19. The average molecular weight is 302 g/mol. The van der Waals surface area contributed by atoms with E-state index in [2.05, 4.69) is 15.2 Å². The Labute approximate surface area is 129 Å². The maximum Gasteiger partial charge on any atom is 0.222 e. The van der Waals surface area contributed by atoms with E-state index in [1.165, 1.54) is 12.7 Å². The fourth-order valence-corrected chi connectivity index (χ4v) is 3.03. The van der Waals surface area contributed by atoms with Crippen molar-refractivity contribution in [2.24, 2.45) is 0 Å². The zero-order valence-electron chi connectivity index (χ0n) is 12.7. The molecule has 1 unspecified atom stereocenters. The van der Waals surface area contributed by atoms with E-state index in [1.54, 1.807) is 17.2 Å². The molecule has 1 aliphatic heterocycles. The van der Waals surface area contributed by atoms with Crippen molar-refractivity contribution in [3.05, 3.63) is 31.1 Å². The second kappa shape index (κ2) is 7.20. The predicted octanol–water partition coefficient (Wildman–Crippen LogP) is 1.34. The van der Waals surface area contributed by atoms with E-state index < -0.39 is 0 Å². The molecule has 0 aliphatic carbocycles. The predicted molar refractivity (Wildman–Crippen MR) is 80.8 cm³/mol. The highest BCUT2D eigenvalue weighted by Crippen LogP contribution is 2.19. The van der Waals surface area contributed by atoms with Crippen LogP contribution in [0.4, 0.5) is 0 Å². The van der Waals surface area contributed by atoms with Gasteiger partial charge in [-0.3, -0.25) is 14.2 Å².